The molecule has 0 bridgehead atoms. The smallest absolute Gasteiger partial charge is 0.193 e. The maximum atomic E-state index is 13.6. The number of Topliss-reactive ketones (excluding diaryl/α,β-unsaturated/α-hetero) is 1. The number of carbonyl (C=O) groups excluding carboxylic acids is 1. The van der Waals surface area contributed by atoms with E-state index in [4.69, 9.17) is 10.5 Å². The summed E-state index contributed by atoms with van der Waals surface area (Å²) in [5.41, 5.74) is 6.47. The highest BCUT2D eigenvalue weighted by molar-refractivity contribution is 5.86. The Balaban J connectivity index is 1.78. The Morgan fingerprint density at radius 1 is 1.26 bits per heavy atom. The third-order valence-electron chi connectivity index (χ3n) is 6.81. The van der Waals surface area contributed by atoms with Crippen molar-refractivity contribution in [3.63, 3.8) is 0 Å². The van der Waals surface area contributed by atoms with E-state index in [2.05, 4.69) is 6.92 Å². The van der Waals surface area contributed by atoms with Crippen LogP contribution in [0.1, 0.15) is 52.9 Å². The minimum Gasteiger partial charge on any atom is -0.632 e. The van der Waals surface area contributed by atoms with Crippen LogP contribution in [0.15, 0.2) is 0 Å². The molecular weight excluding hydrogens is 292 g/mol. The zero-order chi connectivity index (χ0) is 16.9. The molecule has 2 heterocycles. The van der Waals surface area contributed by atoms with Crippen molar-refractivity contribution in [2.24, 2.45) is 22.5 Å². The van der Waals surface area contributed by atoms with Gasteiger partial charge in [-0.2, -0.15) is 0 Å². The average molecular weight is 324 g/mol. The summed E-state index contributed by atoms with van der Waals surface area (Å²) in [6.45, 7) is 8.39. The van der Waals surface area contributed by atoms with Crippen LogP contribution in [0.3, 0.4) is 0 Å². The third kappa shape index (κ3) is 2.97. The Morgan fingerprint density at radius 2 is 1.87 bits per heavy atom. The van der Waals surface area contributed by atoms with Crippen LogP contribution in [-0.4, -0.2) is 48.8 Å². The number of hydroxylamine groups is 3. The first-order valence-corrected chi connectivity index (χ1v) is 9.17. The van der Waals surface area contributed by atoms with Gasteiger partial charge in [-0.1, -0.05) is 20.8 Å². The molecule has 0 aromatic heterocycles. The summed E-state index contributed by atoms with van der Waals surface area (Å²) >= 11 is 0. The maximum Gasteiger partial charge on any atom is 0.193 e. The molecule has 2 aliphatic heterocycles. The van der Waals surface area contributed by atoms with Crippen molar-refractivity contribution in [1.29, 1.82) is 0 Å². The van der Waals surface area contributed by atoms with Crippen molar-refractivity contribution in [2.75, 3.05) is 26.3 Å². The van der Waals surface area contributed by atoms with Crippen molar-refractivity contribution in [3.05, 3.63) is 5.21 Å². The topological polar surface area (TPSA) is 75.4 Å². The molecule has 0 amide bonds. The number of nitrogens with zero attached hydrogens (tertiary/aromatic N) is 1. The van der Waals surface area contributed by atoms with E-state index in [-0.39, 0.29) is 39.3 Å². The van der Waals surface area contributed by atoms with Gasteiger partial charge in [-0.25, -0.2) is 0 Å². The number of nitrogens with two attached hydrogens (primary N) is 1. The largest absolute Gasteiger partial charge is 0.632 e. The number of hydrogen-bond donors (Lipinski definition) is 1. The molecule has 0 aromatic rings. The number of ether oxygens (including phenoxy) is 1. The molecule has 0 aromatic carbocycles. The number of ketones is 1. The first-order valence-electron chi connectivity index (χ1n) is 9.17. The zero-order valence-electron chi connectivity index (χ0n) is 14.8. The lowest BCUT2D eigenvalue weighted by molar-refractivity contribution is -0.887. The van der Waals surface area contributed by atoms with Crippen LogP contribution in [0.5, 0.6) is 0 Å². The van der Waals surface area contributed by atoms with Gasteiger partial charge in [0.2, 0.25) is 0 Å². The van der Waals surface area contributed by atoms with E-state index in [9.17, 15) is 10.0 Å². The lowest BCUT2D eigenvalue weighted by Crippen LogP contribution is -2.61. The fourth-order valence-corrected chi connectivity index (χ4v) is 4.67. The number of rotatable bonds is 5. The highest BCUT2D eigenvalue weighted by Crippen LogP contribution is 2.60. The van der Waals surface area contributed by atoms with Crippen molar-refractivity contribution in [3.8, 4) is 0 Å². The quantitative estimate of drug-likeness (QED) is 0.621. The highest BCUT2D eigenvalue weighted by Gasteiger charge is 2.64. The first-order chi connectivity index (χ1) is 10.7. The minimum absolute atomic E-state index is 0.000591. The molecule has 23 heavy (non-hydrogen) atoms. The SMILES string of the molecule is CC(C)C(=O)[C@@H]1C2(CC2)CC[N+]1([O-])CC(N)C1(C)CCOCC1. The summed E-state index contributed by atoms with van der Waals surface area (Å²) in [5, 5.41) is 13.6. The van der Waals surface area contributed by atoms with Gasteiger partial charge in [0.1, 0.15) is 0 Å². The molecule has 3 atom stereocenters. The monoisotopic (exact) mass is 324 g/mol. The second-order valence-electron chi connectivity index (χ2n) is 8.80. The molecule has 3 aliphatic rings. The van der Waals surface area contributed by atoms with Crippen molar-refractivity contribution in [2.45, 2.75) is 65.0 Å². The predicted octanol–water partition coefficient (Wildman–Crippen LogP) is 2.22. The molecule has 1 spiro atoms. The molecule has 3 rings (SSSR count). The number of hydrogen-bond acceptors (Lipinski definition) is 4. The van der Waals surface area contributed by atoms with Crippen molar-refractivity contribution in [1.82, 2.24) is 0 Å². The molecule has 3 fully saturated rings. The van der Waals surface area contributed by atoms with Crippen molar-refractivity contribution < 1.29 is 14.2 Å². The normalized spacial score (nSPS) is 36.3. The van der Waals surface area contributed by atoms with Crippen LogP contribution in [0.25, 0.3) is 0 Å². The predicted molar refractivity (Wildman–Crippen MR) is 89.4 cm³/mol. The van der Waals surface area contributed by atoms with Crippen LogP contribution < -0.4 is 5.73 Å². The number of likely N-dealkylation sites (tertiary alicyclic amines) is 1. The molecular formula is C18H32N2O3. The first kappa shape index (κ1) is 17.3. The van der Waals surface area contributed by atoms with Crippen LogP contribution >= 0.6 is 0 Å². The molecule has 132 valence electrons. The second-order valence-corrected chi connectivity index (χ2v) is 8.80. The van der Waals surface area contributed by atoms with Gasteiger partial charge in [0.15, 0.2) is 11.8 Å². The Bertz CT molecular complexity index is 469. The molecule has 2 unspecified atom stereocenters. The van der Waals surface area contributed by atoms with E-state index < -0.39 is 0 Å². The zero-order valence-corrected chi connectivity index (χ0v) is 14.8. The fraction of sp³-hybridized carbons (Fsp3) is 0.944. The molecule has 1 aliphatic carbocycles. The standard InChI is InChI=1S/C18H32N2O3/c1-13(2)15(21)16-18(4-5-18)6-9-20(16,22)12-14(19)17(3)7-10-23-11-8-17/h13-14,16H,4-12,19H2,1-3H3/t14?,16-,20?/m1/s1. The summed E-state index contributed by atoms with van der Waals surface area (Å²) in [5.74, 6) is 0.0799. The Morgan fingerprint density at radius 3 is 2.39 bits per heavy atom. The number of quaternary nitrogens is 1. The Kier molecular flexibility index (Phi) is 4.37. The van der Waals surface area contributed by atoms with Gasteiger partial charge >= 0.3 is 0 Å². The van der Waals surface area contributed by atoms with E-state index in [0.29, 0.717) is 13.1 Å². The summed E-state index contributed by atoms with van der Waals surface area (Å²) < 4.78 is 5.07. The van der Waals surface area contributed by atoms with E-state index in [0.717, 1.165) is 45.3 Å². The van der Waals surface area contributed by atoms with Gasteiger partial charge in [-0.3, -0.25) is 4.79 Å². The lowest BCUT2D eigenvalue weighted by atomic mass is 9.75. The van der Waals surface area contributed by atoms with Gasteiger partial charge in [0.25, 0.3) is 0 Å². The lowest BCUT2D eigenvalue weighted by Gasteiger charge is -2.50. The second kappa shape index (κ2) is 5.80. The molecule has 1 saturated carbocycles. The van der Waals surface area contributed by atoms with Crippen LogP contribution in [0, 0.1) is 22.0 Å². The van der Waals surface area contributed by atoms with Gasteiger partial charge in [0.05, 0.1) is 19.1 Å². The summed E-state index contributed by atoms with van der Waals surface area (Å²) in [4.78, 5) is 12.8. The Labute approximate surface area is 139 Å². The van der Waals surface area contributed by atoms with Gasteiger partial charge in [-0.05, 0) is 31.1 Å². The summed E-state index contributed by atoms with van der Waals surface area (Å²) in [6, 6.07) is -0.544. The molecule has 2 saturated heterocycles. The van der Waals surface area contributed by atoms with Gasteiger partial charge < -0.3 is 20.3 Å². The molecule has 5 heteroatoms. The van der Waals surface area contributed by atoms with Crippen LogP contribution in [0.4, 0.5) is 0 Å². The fourth-order valence-electron chi connectivity index (χ4n) is 4.67. The van der Waals surface area contributed by atoms with E-state index in [1.165, 1.54) is 0 Å². The molecule has 5 nitrogen and oxygen atoms in total. The summed E-state index contributed by atoms with van der Waals surface area (Å²) in [6.07, 6.45) is 4.79. The van der Waals surface area contributed by atoms with Crippen LogP contribution in [0.2, 0.25) is 0 Å². The van der Waals surface area contributed by atoms with Gasteiger partial charge in [0, 0.05) is 31.0 Å². The minimum atomic E-state index is -0.380. The summed E-state index contributed by atoms with van der Waals surface area (Å²) in [7, 11) is 0. The Hall–Kier alpha value is -0.490. The highest BCUT2D eigenvalue weighted by atomic mass is 16.6. The third-order valence-corrected chi connectivity index (χ3v) is 6.81. The van der Waals surface area contributed by atoms with E-state index in [1.54, 1.807) is 0 Å². The van der Waals surface area contributed by atoms with E-state index >= 15 is 0 Å². The number of carbonyl (C=O) groups is 1. The van der Waals surface area contributed by atoms with Crippen molar-refractivity contribution >= 4 is 5.78 Å². The average Bonchev–Trinajstić information content (AvgIpc) is 3.20. The van der Waals surface area contributed by atoms with Crippen LogP contribution in [-0.2, 0) is 9.53 Å². The molecule has 2 N–H and O–H groups in total. The van der Waals surface area contributed by atoms with Gasteiger partial charge in [-0.15, -0.1) is 0 Å². The maximum absolute atomic E-state index is 13.6. The molecule has 0 radical (unpaired) electrons. The van der Waals surface area contributed by atoms with E-state index in [1.807, 2.05) is 13.8 Å².